The highest BCUT2D eigenvalue weighted by Crippen LogP contribution is 2.45. The number of carboxylic acid groups (broad SMARTS) is 1. The number of carbonyl (C=O) groups is 2. The lowest BCUT2D eigenvalue weighted by Crippen LogP contribution is -2.49. The van der Waals surface area contributed by atoms with Crippen LogP contribution in [0.1, 0.15) is 61.0 Å². The van der Waals surface area contributed by atoms with Crippen molar-refractivity contribution in [1.82, 2.24) is 16.0 Å². The molecule has 1 aliphatic carbocycles. The molecule has 154 valence electrons. The number of benzene rings is 1. The van der Waals surface area contributed by atoms with Crippen molar-refractivity contribution in [3.8, 4) is 0 Å². The second-order valence-electron chi connectivity index (χ2n) is 7.79. The average Bonchev–Trinajstić information content (AvgIpc) is 3.35. The van der Waals surface area contributed by atoms with Gasteiger partial charge in [0.1, 0.15) is 11.9 Å². The quantitative estimate of drug-likeness (QED) is 0.480. The molecule has 8 heteroatoms. The Bertz CT molecular complexity index is 738. The largest absolute Gasteiger partial charge is 0.480 e. The molecule has 6 N–H and O–H groups in total. The molecular formula is C20H29FN4O3. The highest BCUT2D eigenvalue weighted by molar-refractivity contribution is 5.94. The van der Waals surface area contributed by atoms with E-state index in [4.69, 9.17) is 10.8 Å². The monoisotopic (exact) mass is 392 g/mol. The zero-order valence-corrected chi connectivity index (χ0v) is 16.1. The molecule has 1 aromatic carbocycles. The maximum absolute atomic E-state index is 14.4. The van der Waals surface area contributed by atoms with Crippen LogP contribution < -0.4 is 21.7 Å². The van der Waals surface area contributed by atoms with Gasteiger partial charge in [0.15, 0.2) is 0 Å². The third kappa shape index (κ3) is 4.04. The van der Waals surface area contributed by atoms with E-state index in [9.17, 15) is 14.0 Å². The van der Waals surface area contributed by atoms with Gasteiger partial charge in [-0.25, -0.2) is 4.39 Å². The van der Waals surface area contributed by atoms with E-state index in [-0.39, 0.29) is 23.7 Å². The first-order valence-corrected chi connectivity index (χ1v) is 9.93. The molecule has 2 unspecified atom stereocenters. The van der Waals surface area contributed by atoms with Crippen molar-refractivity contribution in [2.75, 3.05) is 13.2 Å². The number of carbonyl (C=O) groups excluding carboxylic acids is 1. The van der Waals surface area contributed by atoms with E-state index in [0.29, 0.717) is 12.6 Å². The van der Waals surface area contributed by atoms with Gasteiger partial charge in [0.2, 0.25) is 0 Å². The minimum Gasteiger partial charge on any atom is -0.480 e. The highest BCUT2D eigenvalue weighted by Gasteiger charge is 2.48. The standard InChI is InChI=1S/C20H29FN4O3/c1-2-20(14-5-3-4-6-14)17(24-11-25-20)12-7-13(9-15(21)8-12)18(26)23-10-16(22)19(27)28/h7-9,14,16-17,24-25H,2-6,10-11,22H2,1H3,(H,23,26)(H,27,28)/t16-,17?,20?/m1/s1. The molecule has 1 aromatic rings. The first kappa shape index (κ1) is 20.7. The number of aliphatic carboxylic acids is 1. The third-order valence-corrected chi connectivity index (χ3v) is 6.22. The number of halogens is 1. The topological polar surface area (TPSA) is 116 Å². The Morgan fingerprint density at radius 2 is 2.07 bits per heavy atom. The molecule has 1 heterocycles. The van der Waals surface area contributed by atoms with E-state index in [1.807, 2.05) is 0 Å². The molecule has 1 aliphatic heterocycles. The molecule has 2 fully saturated rings. The minimum absolute atomic E-state index is 0.0934. The second-order valence-corrected chi connectivity index (χ2v) is 7.79. The van der Waals surface area contributed by atoms with Gasteiger partial charge in [-0.1, -0.05) is 19.8 Å². The number of carboxylic acids is 1. The molecule has 3 atom stereocenters. The molecule has 3 rings (SSSR count). The van der Waals surface area contributed by atoms with Crippen molar-refractivity contribution in [3.05, 3.63) is 35.1 Å². The Labute approximate surface area is 164 Å². The number of hydrogen-bond acceptors (Lipinski definition) is 5. The van der Waals surface area contributed by atoms with Crippen LogP contribution in [-0.2, 0) is 4.79 Å². The summed E-state index contributed by atoms with van der Waals surface area (Å²) in [5, 5.41) is 18.4. The van der Waals surface area contributed by atoms with E-state index >= 15 is 0 Å². The van der Waals surface area contributed by atoms with Crippen LogP contribution in [0, 0.1) is 11.7 Å². The van der Waals surface area contributed by atoms with Crippen LogP contribution in [0.25, 0.3) is 0 Å². The van der Waals surface area contributed by atoms with Crippen molar-refractivity contribution in [2.45, 2.75) is 56.7 Å². The summed E-state index contributed by atoms with van der Waals surface area (Å²) in [5.41, 5.74) is 6.15. The van der Waals surface area contributed by atoms with Gasteiger partial charge < -0.3 is 16.2 Å². The average molecular weight is 392 g/mol. The van der Waals surface area contributed by atoms with Crippen LogP contribution in [0.15, 0.2) is 18.2 Å². The lowest BCUT2D eigenvalue weighted by atomic mass is 9.73. The van der Waals surface area contributed by atoms with Gasteiger partial charge in [-0.2, -0.15) is 0 Å². The molecule has 0 radical (unpaired) electrons. The Hall–Kier alpha value is -2.03. The predicted molar refractivity (Wildman–Crippen MR) is 103 cm³/mol. The minimum atomic E-state index is -1.20. The molecule has 7 nitrogen and oxygen atoms in total. The summed E-state index contributed by atoms with van der Waals surface area (Å²) < 4.78 is 14.4. The fourth-order valence-corrected chi connectivity index (χ4v) is 4.76. The van der Waals surface area contributed by atoms with Crippen LogP contribution >= 0.6 is 0 Å². The summed E-state index contributed by atoms with van der Waals surface area (Å²) in [7, 11) is 0. The van der Waals surface area contributed by atoms with Crippen molar-refractivity contribution >= 4 is 11.9 Å². The summed E-state index contributed by atoms with van der Waals surface area (Å²) in [6, 6.07) is 3.03. The smallest absolute Gasteiger partial charge is 0.322 e. The molecular weight excluding hydrogens is 363 g/mol. The molecule has 0 spiro atoms. The van der Waals surface area contributed by atoms with Gasteiger partial charge >= 0.3 is 5.97 Å². The van der Waals surface area contributed by atoms with E-state index < -0.39 is 23.7 Å². The number of nitrogens with two attached hydrogens (primary N) is 1. The molecule has 2 aliphatic rings. The van der Waals surface area contributed by atoms with E-state index in [1.165, 1.54) is 18.9 Å². The Morgan fingerprint density at radius 1 is 1.36 bits per heavy atom. The van der Waals surface area contributed by atoms with Crippen molar-refractivity contribution in [3.63, 3.8) is 0 Å². The normalized spacial score (nSPS) is 26.3. The summed E-state index contributed by atoms with van der Waals surface area (Å²) in [5.74, 6) is -1.72. The fourth-order valence-electron chi connectivity index (χ4n) is 4.76. The van der Waals surface area contributed by atoms with Crippen molar-refractivity contribution in [1.29, 1.82) is 0 Å². The first-order chi connectivity index (χ1) is 13.4. The summed E-state index contributed by atoms with van der Waals surface area (Å²) in [6.07, 6.45) is 5.62. The van der Waals surface area contributed by atoms with E-state index in [2.05, 4.69) is 22.9 Å². The third-order valence-electron chi connectivity index (χ3n) is 6.22. The molecule has 28 heavy (non-hydrogen) atoms. The van der Waals surface area contributed by atoms with E-state index in [1.54, 1.807) is 6.07 Å². The second kappa shape index (κ2) is 8.55. The Kier molecular flexibility index (Phi) is 6.32. The van der Waals surface area contributed by atoms with Gasteiger partial charge in [-0.15, -0.1) is 0 Å². The van der Waals surface area contributed by atoms with Crippen molar-refractivity contribution < 1.29 is 19.1 Å². The number of nitrogens with one attached hydrogen (secondary N) is 3. The lowest BCUT2D eigenvalue weighted by molar-refractivity contribution is -0.138. The molecule has 1 amide bonds. The predicted octanol–water partition coefficient (Wildman–Crippen LogP) is 1.50. The van der Waals surface area contributed by atoms with Gasteiger partial charge in [0.25, 0.3) is 5.91 Å². The lowest BCUT2D eigenvalue weighted by Gasteiger charge is -2.40. The zero-order chi connectivity index (χ0) is 20.3. The maximum atomic E-state index is 14.4. The van der Waals surface area contributed by atoms with Gasteiger partial charge in [-0.3, -0.25) is 20.2 Å². The molecule has 1 saturated heterocycles. The van der Waals surface area contributed by atoms with E-state index in [0.717, 1.165) is 30.9 Å². The van der Waals surface area contributed by atoms with Gasteiger partial charge in [-0.05, 0) is 48.9 Å². The first-order valence-electron chi connectivity index (χ1n) is 9.93. The number of amides is 1. The Morgan fingerprint density at radius 3 is 2.71 bits per heavy atom. The van der Waals surface area contributed by atoms with Gasteiger partial charge in [0.05, 0.1) is 6.04 Å². The number of hydrogen-bond donors (Lipinski definition) is 5. The highest BCUT2D eigenvalue weighted by atomic mass is 19.1. The van der Waals surface area contributed by atoms with Crippen LogP contribution in [0.4, 0.5) is 4.39 Å². The van der Waals surface area contributed by atoms with Crippen LogP contribution in [0.2, 0.25) is 0 Å². The fraction of sp³-hybridized carbons (Fsp3) is 0.600. The van der Waals surface area contributed by atoms with Gasteiger partial charge in [0, 0.05) is 24.3 Å². The SMILES string of the molecule is CCC1(C2CCCC2)NCNC1c1cc(F)cc(C(=O)NC[C@@H](N)C(=O)O)c1. The Balaban J connectivity index is 1.84. The number of rotatable bonds is 7. The van der Waals surface area contributed by atoms with Crippen LogP contribution in [0.5, 0.6) is 0 Å². The summed E-state index contributed by atoms with van der Waals surface area (Å²) in [4.78, 5) is 23.2. The zero-order valence-electron chi connectivity index (χ0n) is 16.1. The summed E-state index contributed by atoms with van der Waals surface area (Å²) >= 11 is 0. The molecule has 0 aromatic heterocycles. The van der Waals surface area contributed by atoms with Crippen LogP contribution in [0.3, 0.4) is 0 Å². The summed E-state index contributed by atoms with van der Waals surface area (Å²) in [6.45, 7) is 2.57. The van der Waals surface area contributed by atoms with Crippen molar-refractivity contribution in [2.24, 2.45) is 11.7 Å². The molecule has 0 bridgehead atoms. The maximum Gasteiger partial charge on any atom is 0.322 e. The van der Waals surface area contributed by atoms with Crippen LogP contribution in [-0.4, -0.2) is 41.8 Å². The molecule has 1 saturated carbocycles.